The maximum absolute atomic E-state index is 11.7. The smallest absolute Gasteiger partial charge is 0.240 e. The van der Waals surface area contributed by atoms with E-state index in [9.17, 15) is 13.2 Å². The van der Waals surface area contributed by atoms with Crippen molar-refractivity contribution in [3.63, 3.8) is 0 Å². The molecule has 0 spiro atoms. The molecule has 0 aromatic heterocycles. The molecule has 2 heterocycles. The molecule has 21 heavy (non-hydrogen) atoms. The highest BCUT2D eigenvalue weighted by Gasteiger charge is 2.35. The van der Waals surface area contributed by atoms with Crippen LogP contribution in [0.3, 0.4) is 0 Å². The highest BCUT2D eigenvalue weighted by atomic mass is 32.2. The van der Waals surface area contributed by atoms with Gasteiger partial charge in [-0.1, -0.05) is 0 Å². The van der Waals surface area contributed by atoms with Crippen LogP contribution in [-0.4, -0.2) is 44.9 Å². The molecule has 2 fully saturated rings. The van der Waals surface area contributed by atoms with Gasteiger partial charge in [-0.05, 0) is 24.6 Å². The van der Waals surface area contributed by atoms with Crippen LogP contribution in [-0.2, 0) is 14.8 Å². The number of amides is 1. The van der Waals surface area contributed by atoms with Gasteiger partial charge in [0.2, 0.25) is 15.9 Å². The van der Waals surface area contributed by atoms with E-state index in [0.717, 1.165) is 25.2 Å². The standard InChI is InChI=1S/C13H18N4O3S/c14-11-7-9(1-3-12(11)21(15,19)20)16-5-6-17-10(8-16)2-4-13(17)18/h1,3,7,10H,2,4-6,8,14H2,(H2,15,19,20). The average Bonchev–Trinajstić information content (AvgIpc) is 2.78. The SMILES string of the molecule is Nc1cc(N2CCN3C(=O)CCC3C2)ccc1S(N)(=O)=O. The van der Waals surface area contributed by atoms with E-state index in [1.54, 1.807) is 12.1 Å². The Kier molecular flexibility index (Phi) is 3.29. The number of anilines is 2. The van der Waals surface area contributed by atoms with Crippen LogP contribution in [0, 0.1) is 0 Å². The zero-order chi connectivity index (χ0) is 15.2. The van der Waals surface area contributed by atoms with E-state index in [1.807, 2.05) is 4.90 Å². The molecule has 2 aliphatic heterocycles. The Hall–Kier alpha value is -1.80. The molecular weight excluding hydrogens is 292 g/mol. The van der Waals surface area contributed by atoms with Crippen LogP contribution in [0.1, 0.15) is 12.8 Å². The van der Waals surface area contributed by atoms with Gasteiger partial charge in [0.25, 0.3) is 0 Å². The molecule has 1 unspecified atom stereocenters. The van der Waals surface area contributed by atoms with Gasteiger partial charge in [0.1, 0.15) is 4.90 Å². The molecule has 4 N–H and O–H groups in total. The Morgan fingerprint density at radius 3 is 2.67 bits per heavy atom. The molecule has 1 amide bonds. The summed E-state index contributed by atoms with van der Waals surface area (Å²) in [5, 5.41) is 5.11. The molecule has 0 radical (unpaired) electrons. The second-order valence-electron chi connectivity index (χ2n) is 5.49. The molecule has 2 aliphatic rings. The first-order valence-corrected chi connectivity index (χ1v) is 8.37. The topological polar surface area (TPSA) is 110 Å². The van der Waals surface area contributed by atoms with Crippen molar-refractivity contribution in [2.45, 2.75) is 23.8 Å². The minimum atomic E-state index is -3.80. The second kappa shape index (κ2) is 4.88. The van der Waals surface area contributed by atoms with Crippen LogP contribution >= 0.6 is 0 Å². The minimum absolute atomic E-state index is 0.0547. The fourth-order valence-electron chi connectivity index (χ4n) is 3.09. The molecule has 1 atom stereocenters. The largest absolute Gasteiger partial charge is 0.398 e. The summed E-state index contributed by atoms with van der Waals surface area (Å²) in [6.45, 7) is 2.16. The Bertz CT molecular complexity index is 689. The summed E-state index contributed by atoms with van der Waals surface area (Å²) in [5.41, 5.74) is 6.81. The van der Waals surface area contributed by atoms with E-state index < -0.39 is 10.0 Å². The minimum Gasteiger partial charge on any atom is -0.398 e. The Morgan fingerprint density at radius 2 is 2.00 bits per heavy atom. The van der Waals surface area contributed by atoms with E-state index in [1.165, 1.54) is 6.07 Å². The van der Waals surface area contributed by atoms with E-state index in [2.05, 4.69) is 4.90 Å². The molecule has 8 heteroatoms. The molecule has 2 saturated heterocycles. The summed E-state index contributed by atoms with van der Waals surface area (Å²) in [6, 6.07) is 5.02. The lowest BCUT2D eigenvalue weighted by Gasteiger charge is -2.39. The predicted octanol–water partition coefficient (Wildman–Crippen LogP) is -0.273. The number of fused-ring (bicyclic) bond motifs is 1. The molecule has 114 valence electrons. The number of hydrogen-bond donors (Lipinski definition) is 2. The van der Waals surface area contributed by atoms with E-state index in [-0.39, 0.29) is 22.5 Å². The van der Waals surface area contributed by atoms with Gasteiger partial charge in [0.15, 0.2) is 0 Å². The molecule has 1 aromatic carbocycles. The van der Waals surface area contributed by atoms with Gasteiger partial charge in [-0.15, -0.1) is 0 Å². The average molecular weight is 310 g/mol. The third kappa shape index (κ3) is 2.56. The molecule has 0 aliphatic carbocycles. The lowest BCUT2D eigenvalue weighted by Crippen LogP contribution is -2.51. The number of sulfonamides is 1. The van der Waals surface area contributed by atoms with Crippen molar-refractivity contribution in [3.05, 3.63) is 18.2 Å². The number of nitrogens with zero attached hydrogens (tertiary/aromatic N) is 2. The number of carbonyl (C=O) groups is 1. The maximum Gasteiger partial charge on any atom is 0.240 e. The van der Waals surface area contributed by atoms with Crippen molar-refractivity contribution < 1.29 is 13.2 Å². The van der Waals surface area contributed by atoms with Crippen LogP contribution in [0.5, 0.6) is 0 Å². The summed E-state index contributed by atoms with van der Waals surface area (Å²) in [6.07, 6.45) is 1.49. The fraction of sp³-hybridized carbons (Fsp3) is 0.462. The van der Waals surface area contributed by atoms with Crippen LogP contribution < -0.4 is 15.8 Å². The van der Waals surface area contributed by atoms with Crippen LogP contribution in [0.4, 0.5) is 11.4 Å². The highest BCUT2D eigenvalue weighted by molar-refractivity contribution is 7.89. The Balaban J connectivity index is 1.82. The fourth-order valence-corrected chi connectivity index (χ4v) is 3.74. The number of nitrogens with two attached hydrogens (primary N) is 2. The van der Waals surface area contributed by atoms with E-state index in [4.69, 9.17) is 10.9 Å². The van der Waals surface area contributed by atoms with Gasteiger partial charge < -0.3 is 15.5 Å². The summed E-state index contributed by atoms with van der Waals surface area (Å²) in [7, 11) is -3.80. The van der Waals surface area contributed by atoms with E-state index >= 15 is 0 Å². The quantitative estimate of drug-likeness (QED) is 0.731. The number of hydrogen-bond acceptors (Lipinski definition) is 5. The van der Waals surface area contributed by atoms with Gasteiger partial charge in [0.05, 0.1) is 5.69 Å². The normalized spacial score (nSPS) is 22.5. The van der Waals surface area contributed by atoms with Crippen molar-refractivity contribution in [2.75, 3.05) is 30.3 Å². The number of benzene rings is 1. The number of carbonyl (C=O) groups excluding carboxylic acids is 1. The maximum atomic E-state index is 11.7. The third-order valence-electron chi connectivity index (χ3n) is 4.16. The van der Waals surface area contributed by atoms with Crippen molar-refractivity contribution in [2.24, 2.45) is 5.14 Å². The highest BCUT2D eigenvalue weighted by Crippen LogP contribution is 2.29. The van der Waals surface area contributed by atoms with Crippen molar-refractivity contribution >= 4 is 27.3 Å². The molecule has 0 saturated carbocycles. The first-order chi connectivity index (χ1) is 9.86. The molecule has 0 bridgehead atoms. The van der Waals surface area contributed by atoms with Crippen molar-refractivity contribution in [1.29, 1.82) is 0 Å². The van der Waals surface area contributed by atoms with Gasteiger partial charge in [-0.3, -0.25) is 4.79 Å². The predicted molar refractivity (Wildman–Crippen MR) is 79.2 cm³/mol. The Morgan fingerprint density at radius 1 is 1.24 bits per heavy atom. The summed E-state index contributed by atoms with van der Waals surface area (Å²) < 4.78 is 22.7. The van der Waals surface area contributed by atoms with Gasteiger partial charge >= 0.3 is 0 Å². The Labute approximate surface area is 123 Å². The van der Waals surface area contributed by atoms with Crippen LogP contribution in [0.15, 0.2) is 23.1 Å². The van der Waals surface area contributed by atoms with Crippen molar-refractivity contribution in [3.8, 4) is 0 Å². The molecular formula is C13H18N4O3S. The van der Waals surface area contributed by atoms with Crippen LogP contribution in [0.2, 0.25) is 0 Å². The van der Waals surface area contributed by atoms with Gasteiger partial charge in [0, 0.05) is 37.8 Å². The number of nitrogen functional groups attached to an aromatic ring is 1. The first kappa shape index (κ1) is 14.2. The second-order valence-corrected chi connectivity index (χ2v) is 7.02. The zero-order valence-corrected chi connectivity index (χ0v) is 12.3. The summed E-state index contributed by atoms with van der Waals surface area (Å²) >= 11 is 0. The molecule has 1 aromatic rings. The zero-order valence-electron chi connectivity index (χ0n) is 11.5. The third-order valence-corrected chi connectivity index (χ3v) is 5.14. The van der Waals surface area contributed by atoms with Gasteiger partial charge in [-0.25, -0.2) is 13.6 Å². The van der Waals surface area contributed by atoms with Gasteiger partial charge in [-0.2, -0.15) is 0 Å². The summed E-state index contributed by atoms with van der Waals surface area (Å²) in [4.78, 5) is 15.7. The molecule has 3 rings (SSSR count). The lowest BCUT2D eigenvalue weighted by molar-refractivity contribution is -0.129. The molecule has 7 nitrogen and oxygen atoms in total. The monoisotopic (exact) mass is 310 g/mol. The summed E-state index contributed by atoms with van der Waals surface area (Å²) in [5.74, 6) is 0.226. The number of piperazine rings is 1. The van der Waals surface area contributed by atoms with Crippen molar-refractivity contribution in [1.82, 2.24) is 4.90 Å². The lowest BCUT2D eigenvalue weighted by atomic mass is 10.1. The first-order valence-electron chi connectivity index (χ1n) is 6.83. The van der Waals surface area contributed by atoms with Crippen LogP contribution in [0.25, 0.3) is 0 Å². The number of primary sulfonamides is 1. The van der Waals surface area contributed by atoms with E-state index in [0.29, 0.717) is 13.0 Å². The number of rotatable bonds is 2.